The first-order chi connectivity index (χ1) is 11.0. The van der Waals surface area contributed by atoms with Crippen LogP contribution in [0.2, 0.25) is 0 Å². The van der Waals surface area contributed by atoms with E-state index in [0.29, 0.717) is 18.5 Å². The maximum atomic E-state index is 10.7. The average molecular weight is 311 g/mol. The molecule has 0 aliphatic heterocycles. The molecule has 0 aromatic heterocycles. The molecular formula is C20H25NO2. The third-order valence-electron chi connectivity index (χ3n) is 3.99. The SMILES string of the molecule is CC(N[C@H](C)Cc1cccc(CCC(=O)O)c1)c1ccccc1. The van der Waals surface area contributed by atoms with Crippen LogP contribution in [-0.4, -0.2) is 17.1 Å². The second-order valence-electron chi connectivity index (χ2n) is 6.12. The topological polar surface area (TPSA) is 49.3 Å². The molecule has 0 bridgehead atoms. The number of carboxylic acid groups (broad SMARTS) is 1. The van der Waals surface area contributed by atoms with Crippen molar-refractivity contribution in [3.63, 3.8) is 0 Å². The highest BCUT2D eigenvalue weighted by atomic mass is 16.4. The second kappa shape index (κ2) is 8.49. The molecule has 0 saturated carbocycles. The van der Waals surface area contributed by atoms with Gasteiger partial charge in [-0.1, -0.05) is 54.6 Å². The third-order valence-corrected chi connectivity index (χ3v) is 3.99. The van der Waals surface area contributed by atoms with Crippen molar-refractivity contribution in [3.8, 4) is 0 Å². The van der Waals surface area contributed by atoms with Crippen LogP contribution in [0, 0.1) is 0 Å². The molecule has 2 N–H and O–H groups in total. The van der Waals surface area contributed by atoms with Crippen LogP contribution in [0.3, 0.4) is 0 Å². The van der Waals surface area contributed by atoms with Gasteiger partial charge in [0.1, 0.15) is 0 Å². The van der Waals surface area contributed by atoms with Gasteiger partial charge in [0, 0.05) is 18.5 Å². The van der Waals surface area contributed by atoms with Crippen molar-refractivity contribution in [1.82, 2.24) is 5.32 Å². The lowest BCUT2D eigenvalue weighted by Gasteiger charge is -2.20. The van der Waals surface area contributed by atoms with E-state index in [4.69, 9.17) is 5.11 Å². The zero-order valence-electron chi connectivity index (χ0n) is 13.8. The summed E-state index contributed by atoms with van der Waals surface area (Å²) in [6.45, 7) is 4.36. The highest BCUT2D eigenvalue weighted by molar-refractivity contribution is 5.67. The molecule has 0 aliphatic rings. The van der Waals surface area contributed by atoms with Crippen LogP contribution in [-0.2, 0) is 17.6 Å². The van der Waals surface area contributed by atoms with E-state index in [1.807, 2.05) is 18.2 Å². The molecule has 0 fully saturated rings. The van der Waals surface area contributed by atoms with Gasteiger partial charge in [-0.3, -0.25) is 4.79 Å². The number of hydrogen-bond acceptors (Lipinski definition) is 2. The molecule has 0 amide bonds. The Morgan fingerprint density at radius 3 is 2.43 bits per heavy atom. The van der Waals surface area contributed by atoms with Crippen LogP contribution in [0.4, 0.5) is 0 Å². The van der Waals surface area contributed by atoms with Gasteiger partial charge in [-0.25, -0.2) is 0 Å². The van der Waals surface area contributed by atoms with Gasteiger partial charge in [0.15, 0.2) is 0 Å². The molecule has 0 saturated heterocycles. The fourth-order valence-electron chi connectivity index (χ4n) is 2.84. The van der Waals surface area contributed by atoms with Crippen LogP contribution in [0.15, 0.2) is 54.6 Å². The van der Waals surface area contributed by atoms with Crippen molar-refractivity contribution < 1.29 is 9.90 Å². The Hall–Kier alpha value is -2.13. The number of aliphatic carboxylic acids is 1. The number of rotatable bonds is 8. The first kappa shape index (κ1) is 17.2. The summed E-state index contributed by atoms with van der Waals surface area (Å²) in [5.74, 6) is -0.748. The zero-order valence-corrected chi connectivity index (χ0v) is 13.8. The molecule has 3 nitrogen and oxygen atoms in total. The Labute approximate surface area is 138 Å². The Bertz CT molecular complexity index is 625. The summed E-state index contributed by atoms with van der Waals surface area (Å²) in [4.78, 5) is 10.7. The Balaban J connectivity index is 1.91. The first-order valence-electron chi connectivity index (χ1n) is 8.15. The standard InChI is InChI=1S/C20H25NO2/c1-15(21-16(2)19-9-4-3-5-10-19)13-18-8-6-7-17(14-18)11-12-20(22)23/h3-10,14-16,21H,11-13H2,1-2H3,(H,22,23)/t15-,16?/m1/s1. The average Bonchev–Trinajstić information content (AvgIpc) is 2.54. The van der Waals surface area contributed by atoms with Gasteiger partial charge in [0.05, 0.1) is 0 Å². The summed E-state index contributed by atoms with van der Waals surface area (Å²) in [5, 5.41) is 12.4. The van der Waals surface area contributed by atoms with Gasteiger partial charge >= 0.3 is 5.97 Å². The predicted molar refractivity (Wildman–Crippen MR) is 93.6 cm³/mol. The van der Waals surface area contributed by atoms with Crippen molar-refractivity contribution in [3.05, 3.63) is 71.3 Å². The number of aryl methyl sites for hydroxylation is 1. The van der Waals surface area contributed by atoms with Gasteiger partial charge < -0.3 is 10.4 Å². The summed E-state index contributed by atoms with van der Waals surface area (Å²) in [7, 11) is 0. The second-order valence-corrected chi connectivity index (χ2v) is 6.12. The Kier molecular flexibility index (Phi) is 6.36. The summed E-state index contributed by atoms with van der Waals surface area (Å²) >= 11 is 0. The van der Waals surface area contributed by atoms with E-state index in [1.54, 1.807) is 0 Å². The maximum Gasteiger partial charge on any atom is 0.303 e. The summed E-state index contributed by atoms with van der Waals surface area (Å²) in [6.07, 6.45) is 1.70. The Morgan fingerprint density at radius 2 is 1.74 bits per heavy atom. The lowest BCUT2D eigenvalue weighted by molar-refractivity contribution is -0.136. The minimum atomic E-state index is -0.748. The largest absolute Gasteiger partial charge is 0.481 e. The number of nitrogens with one attached hydrogen (secondary N) is 1. The summed E-state index contributed by atoms with van der Waals surface area (Å²) in [6, 6.07) is 19.3. The number of carbonyl (C=O) groups is 1. The van der Waals surface area contributed by atoms with Crippen LogP contribution < -0.4 is 5.32 Å². The molecule has 3 heteroatoms. The van der Waals surface area contributed by atoms with E-state index >= 15 is 0 Å². The van der Waals surface area contributed by atoms with E-state index in [9.17, 15) is 4.79 Å². The lowest BCUT2D eigenvalue weighted by Crippen LogP contribution is -2.30. The van der Waals surface area contributed by atoms with Crippen LogP contribution >= 0.6 is 0 Å². The van der Waals surface area contributed by atoms with Gasteiger partial charge in [-0.2, -0.15) is 0 Å². The van der Waals surface area contributed by atoms with Crippen molar-refractivity contribution in [2.24, 2.45) is 0 Å². The van der Waals surface area contributed by atoms with Gasteiger partial charge in [0.2, 0.25) is 0 Å². The quantitative estimate of drug-likeness (QED) is 0.775. The van der Waals surface area contributed by atoms with Crippen LogP contribution in [0.1, 0.15) is 43.0 Å². The number of benzene rings is 2. The lowest BCUT2D eigenvalue weighted by atomic mass is 10.0. The summed E-state index contributed by atoms with van der Waals surface area (Å²) in [5.41, 5.74) is 3.62. The smallest absolute Gasteiger partial charge is 0.303 e. The molecule has 23 heavy (non-hydrogen) atoms. The van der Waals surface area contributed by atoms with E-state index < -0.39 is 5.97 Å². The molecule has 0 heterocycles. The van der Waals surface area contributed by atoms with E-state index in [-0.39, 0.29) is 6.42 Å². The van der Waals surface area contributed by atoms with E-state index in [1.165, 1.54) is 11.1 Å². The molecule has 1 unspecified atom stereocenters. The van der Waals surface area contributed by atoms with Crippen molar-refractivity contribution in [2.75, 3.05) is 0 Å². The molecule has 0 radical (unpaired) electrons. The molecule has 0 aliphatic carbocycles. The molecule has 122 valence electrons. The van der Waals surface area contributed by atoms with Gasteiger partial charge in [0.25, 0.3) is 0 Å². The van der Waals surface area contributed by atoms with E-state index in [2.05, 4.69) is 55.6 Å². The predicted octanol–water partition coefficient (Wildman–Crippen LogP) is 3.99. The fraction of sp³-hybridized carbons (Fsp3) is 0.350. The first-order valence-corrected chi connectivity index (χ1v) is 8.15. The molecule has 2 rings (SSSR count). The van der Waals surface area contributed by atoms with Crippen molar-refractivity contribution in [1.29, 1.82) is 0 Å². The zero-order chi connectivity index (χ0) is 16.7. The van der Waals surface area contributed by atoms with E-state index in [0.717, 1.165) is 12.0 Å². The normalized spacial score (nSPS) is 13.5. The van der Waals surface area contributed by atoms with Crippen molar-refractivity contribution >= 4 is 5.97 Å². The van der Waals surface area contributed by atoms with Gasteiger partial charge in [-0.15, -0.1) is 0 Å². The molecular weight excluding hydrogens is 286 g/mol. The molecule has 0 spiro atoms. The minimum absolute atomic E-state index is 0.183. The maximum absolute atomic E-state index is 10.7. The summed E-state index contributed by atoms with van der Waals surface area (Å²) < 4.78 is 0. The third kappa shape index (κ3) is 5.87. The Morgan fingerprint density at radius 1 is 1.04 bits per heavy atom. The molecule has 2 atom stereocenters. The van der Waals surface area contributed by atoms with Crippen LogP contribution in [0.5, 0.6) is 0 Å². The highest BCUT2D eigenvalue weighted by Crippen LogP contribution is 2.14. The van der Waals surface area contributed by atoms with Gasteiger partial charge in [-0.05, 0) is 43.4 Å². The number of carboxylic acids is 1. The molecule has 2 aromatic carbocycles. The highest BCUT2D eigenvalue weighted by Gasteiger charge is 2.10. The minimum Gasteiger partial charge on any atom is -0.481 e. The van der Waals surface area contributed by atoms with Crippen LogP contribution in [0.25, 0.3) is 0 Å². The fourth-order valence-corrected chi connectivity index (χ4v) is 2.84. The monoisotopic (exact) mass is 311 g/mol. The molecule has 2 aromatic rings. The van der Waals surface area contributed by atoms with Crippen molar-refractivity contribution in [2.45, 2.75) is 45.2 Å². The number of hydrogen-bond donors (Lipinski definition) is 2.